The number of nitrogens with zero attached hydrogens (tertiary/aromatic N) is 2. The van der Waals surface area contributed by atoms with Crippen molar-refractivity contribution >= 4 is 22.9 Å². The number of hydrogen-bond donors (Lipinski definition) is 1. The third-order valence-corrected chi connectivity index (χ3v) is 4.31. The summed E-state index contributed by atoms with van der Waals surface area (Å²) in [5.41, 5.74) is 1.08. The van der Waals surface area contributed by atoms with Gasteiger partial charge in [-0.2, -0.15) is 0 Å². The number of aromatic nitrogens is 1. The molecule has 2 heterocycles. The van der Waals surface area contributed by atoms with E-state index in [0.29, 0.717) is 17.1 Å². The molecule has 0 spiro atoms. The van der Waals surface area contributed by atoms with Crippen molar-refractivity contribution in [3.63, 3.8) is 0 Å². The highest BCUT2D eigenvalue weighted by Crippen LogP contribution is 2.23. The summed E-state index contributed by atoms with van der Waals surface area (Å²) in [5, 5.41) is 16.5. The molecular weight excluding hydrogens is 342 g/mol. The smallest absolute Gasteiger partial charge is 0.273 e. The van der Waals surface area contributed by atoms with Crippen LogP contribution in [0.3, 0.4) is 0 Å². The number of rotatable bonds is 6. The maximum Gasteiger partial charge on any atom is 0.273 e. The lowest BCUT2D eigenvalue weighted by Gasteiger charge is -2.04. The molecule has 1 amide bonds. The second-order valence-electron chi connectivity index (χ2n) is 5.36. The zero-order valence-electron chi connectivity index (χ0n) is 13.4. The predicted octanol–water partition coefficient (Wildman–Crippen LogP) is 3.48. The van der Waals surface area contributed by atoms with E-state index in [2.05, 4.69) is 10.3 Å². The third-order valence-electron chi connectivity index (χ3n) is 3.53. The molecule has 0 aliphatic carbocycles. The molecule has 8 heteroatoms. The number of carbonyl (C=O) groups is 1. The number of nitrogens with one attached hydrogen (secondary N) is 1. The van der Waals surface area contributed by atoms with Gasteiger partial charge in [0.25, 0.3) is 5.69 Å². The molecule has 7 nitrogen and oxygen atoms in total. The molecule has 1 N–H and O–H groups in total. The molecule has 0 unspecified atom stereocenters. The molecule has 2 aromatic heterocycles. The van der Waals surface area contributed by atoms with Crippen LogP contribution < -0.4 is 5.32 Å². The quantitative estimate of drug-likeness (QED) is 0.538. The molecule has 0 aliphatic rings. The van der Waals surface area contributed by atoms with Crippen molar-refractivity contribution < 1.29 is 14.1 Å². The summed E-state index contributed by atoms with van der Waals surface area (Å²) in [6.07, 6.45) is -0.0595. The van der Waals surface area contributed by atoms with Crippen LogP contribution >= 0.6 is 11.3 Å². The van der Waals surface area contributed by atoms with E-state index in [1.165, 1.54) is 17.4 Å². The molecular formula is C17H15N3O4S. The van der Waals surface area contributed by atoms with Gasteiger partial charge in [0.1, 0.15) is 11.5 Å². The summed E-state index contributed by atoms with van der Waals surface area (Å²) in [6.45, 7) is 2.13. The lowest BCUT2D eigenvalue weighted by atomic mass is 10.1. The van der Waals surface area contributed by atoms with Gasteiger partial charge in [-0.15, -0.1) is 11.3 Å². The van der Waals surface area contributed by atoms with Crippen LogP contribution in [0.1, 0.15) is 16.3 Å². The van der Waals surface area contributed by atoms with Crippen LogP contribution in [0.15, 0.2) is 46.2 Å². The number of furan rings is 1. The molecule has 0 atom stereocenters. The lowest BCUT2D eigenvalue weighted by molar-refractivity contribution is -0.385. The average molecular weight is 357 g/mol. The zero-order chi connectivity index (χ0) is 17.8. The number of nitro groups is 1. The second-order valence-corrected chi connectivity index (χ2v) is 6.42. The Bertz CT molecular complexity index is 916. The number of hydrogen-bond acceptors (Lipinski definition) is 6. The van der Waals surface area contributed by atoms with Gasteiger partial charge in [0.15, 0.2) is 5.76 Å². The standard InChI is InChI=1S/C17H15N3O4S/c1-11-19-14(10-25-11)16-7-6-13(24-16)9-18-17(21)8-12-4-2-3-5-15(12)20(22)23/h2-7,10H,8-9H2,1H3,(H,18,21). The van der Waals surface area contributed by atoms with Gasteiger partial charge in [0.05, 0.1) is 22.9 Å². The number of thiazole rings is 1. The number of nitro benzene ring substituents is 1. The Morgan fingerprint density at radius 3 is 2.84 bits per heavy atom. The Hall–Kier alpha value is -3.00. The molecule has 25 heavy (non-hydrogen) atoms. The second kappa shape index (κ2) is 7.27. The fourth-order valence-corrected chi connectivity index (χ4v) is 2.95. The van der Waals surface area contributed by atoms with Crippen molar-refractivity contribution in [2.45, 2.75) is 19.9 Å². The number of aryl methyl sites for hydroxylation is 1. The van der Waals surface area contributed by atoms with E-state index >= 15 is 0 Å². The summed E-state index contributed by atoms with van der Waals surface area (Å²) < 4.78 is 5.67. The Balaban J connectivity index is 1.60. The van der Waals surface area contributed by atoms with Crippen LogP contribution in [0.4, 0.5) is 5.69 Å². The first-order chi connectivity index (χ1) is 12.0. The molecule has 0 saturated heterocycles. The summed E-state index contributed by atoms with van der Waals surface area (Å²) in [5.74, 6) is 0.931. The Kier molecular flexibility index (Phi) is 4.90. The monoisotopic (exact) mass is 357 g/mol. The molecule has 0 fully saturated rings. The molecule has 0 radical (unpaired) electrons. The van der Waals surface area contributed by atoms with E-state index in [4.69, 9.17) is 4.42 Å². The van der Waals surface area contributed by atoms with Gasteiger partial charge in [0.2, 0.25) is 5.91 Å². The van der Waals surface area contributed by atoms with Crippen molar-refractivity contribution in [1.82, 2.24) is 10.3 Å². The maximum absolute atomic E-state index is 12.1. The van der Waals surface area contributed by atoms with Gasteiger partial charge in [-0.25, -0.2) is 4.98 Å². The summed E-state index contributed by atoms with van der Waals surface area (Å²) >= 11 is 1.54. The Labute approximate surface area is 147 Å². The average Bonchev–Trinajstić information content (AvgIpc) is 3.22. The minimum absolute atomic E-state index is 0.0585. The minimum Gasteiger partial charge on any atom is -0.458 e. The van der Waals surface area contributed by atoms with E-state index in [1.807, 2.05) is 12.3 Å². The van der Waals surface area contributed by atoms with Crippen LogP contribution in [0.2, 0.25) is 0 Å². The van der Waals surface area contributed by atoms with E-state index in [-0.39, 0.29) is 24.6 Å². The highest BCUT2D eigenvalue weighted by atomic mass is 32.1. The van der Waals surface area contributed by atoms with Crippen LogP contribution in [0.5, 0.6) is 0 Å². The van der Waals surface area contributed by atoms with Crippen molar-refractivity contribution in [1.29, 1.82) is 0 Å². The number of amides is 1. The fraction of sp³-hybridized carbons (Fsp3) is 0.176. The topological polar surface area (TPSA) is 98.3 Å². The van der Waals surface area contributed by atoms with Gasteiger partial charge in [0, 0.05) is 17.0 Å². The van der Waals surface area contributed by atoms with Crippen LogP contribution in [0.25, 0.3) is 11.5 Å². The van der Waals surface area contributed by atoms with Gasteiger partial charge in [-0.3, -0.25) is 14.9 Å². The van der Waals surface area contributed by atoms with Crippen molar-refractivity contribution in [2.75, 3.05) is 0 Å². The maximum atomic E-state index is 12.1. The van der Waals surface area contributed by atoms with E-state index in [1.54, 1.807) is 30.3 Å². The molecule has 0 aliphatic heterocycles. The molecule has 0 saturated carbocycles. The summed E-state index contributed by atoms with van der Waals surface area (Å²) in [7, 11) is 0. The molecule has 1 aromatic carbocycles. The van der Waals surface area contributed by atoms with E-state index < -0.39 is 4.92 Å². The minimum atomic E-state index is -0.489. The van der Waals surface area contributed by atoms with Crippen LogP contribution in [-0.4, -0.2) is 15.8 Å². The zero-order valence-corrected chi connectivity index (χ0v) is 14.2. The van der Waals surface area contributed by atoms with Gasteiger partial charge >= 0.3 is 0 Å². The number of para-hydroxylation sites is 1. The number of carbonyl (C=O) groups excluding carboxylic acids is 1. The van der Waals surface area contributed by atoms with Crippen molar-refractivity contribution in [3.8, 4) is 11.5 Å². The number of benzene rings is 1. The Morgan fingerprint density at radius 2 is 2.12 bits per heavy atom. The van der Waals surface area contributed by atoms with Crippen molar-refractivity contribution in [3.05, 3.63) is 68.2 Å². The first-order valence-corrected chi connectivity index (χ1v) is 8.41. The van der Waals surface area contributed by atoms with Gasteiger partial charge < -0.3 is 9.73 Å². The highest BCUT2D eigenvalue weighted by molar-refractivity contribution is 7.09. The first kappa shape index (κ1) is 16.8. The molecule has 0 bridgehead atoms. The van der Waals surface area contributed by atoms with Crippen LogP contribution in [0, 0.1) is 17.0 Å². The van der Waals surface area contributed by atoms with E-state index in [0.717, 1.165) is 10.7 Å². The molecule has 3 rings (SSSR count). The molecule has 128 valence electrons. The van der Waals surface area contributed by atoms with Crippen LogP contribution in [-0.2, 0) is 17.8 Å². The SMILES string of the molecule is Cc1nc(-c2ccc(CNC(=O)Cc3ccccc3[N+](=O)[O-])o2)cs1. The van der Waals surface area contributed by atoms with Gasteiger partial charge in [-0.05, 0) is 19.1 Å². The largest absolute Gasteiger partial charge is 0.458 e. The lowest BCUT2D eigenvalue weighted by Crippen LogP contribution is -2.24. The fourth-order valence-electron chi connectivity index (χ4n) is 2.35. The first-order valence-electron chi connectivity index (χ1n) is 7.53. The normalized spacial score (nSPS) is 10.6. The third kappa shape index (κ3) is 4.10. The molecule has 3 aromatic rings. The Morgan fingerprint density at radius 1 is 1.32 bits per heavy atom. The summed E-state index contributed by atoms with van der Waals surface area (Å²) in [6, 6.07) is 9.78. The van der Waals surface area contributed by atoms with E-state index in [9.17, 15) is 14.9 Å². The van der Waals surface area contributed by atoms with Crippen molar-refractivity contribution in [2.24, 2.45) is 0 Å². The summed E-state index contributed by atoms with van der Waals surface area (Å²) in [4.78, 5) is 26.9. The predicted molar refractivity (Wildman–Crippen MR) is 93.2 cm³/mol. The van der Waals surface area contributed by atoms with Gasteiger partial charge in [-0.1, -0.05) is 18.2 Å². The highest BCUT2D eigenvalue weighted by Gasteiger charge is 2.15.